The predicted molar refractivity (Wildman–Crippen MR) is 223 cm³/mol. The van der Waals surface area contributed by atoms with E-state index in [4.69, 9.17) is 14.2 Å². The normalized spacial score (nSPS) is 21.9. The van der Waals surface area contributed by atoms with E-state index >= 15 is 4.79 Å². The van der Waals surface area contributed by atoms with Crippen LogP contribution in [0.15, 0.2) is 27.3 Å². The van der Waals surface area contributed by atoms with Crippen molar-refractivity contribution in [3.05, 3.63) is 49.3 Å². The van der Waals surface area contributed by atoms with Gasteiger partial charge in [-0.3, -0.25) is 24.0 Å². The van der Waals surface area contributed by atoms with Gasteiger partial charge in [-0.25, -0.2) is 0 Å². The second-order valence-corrected chi connectivity index (χ2v) is 16.4. The predicted octanol–water partition coefficient (Wildman–Crippen LogP) is 7.32. The van der Waals surface area contributed by atoms with Gasteiger partial charge in [0, 0.05) is 69.0 Å². The smallest absolute Gasteiger partial charge is 0.306 e. The minimum absolute atomic E-state index is 0.0101. The highest BCUT2D eigenvalue weighted by Crippen LogP contribution is 2.56. The average Bonchev–Trinajstić information content (AvgIpc) is 3.33. The number of nitrogens with one attached hydrogen (secondary N) is 2. The molecule has 0 bridgehead atoms. The van der Waals surface area contributed by atoms with E-state index < -0.39 is 34.6 Å². The lowest BCUT2D eigenvalue weighted by Crippen LogP contribution is -2.26. The second kappa shape index (κ2) is 14.8. The molecule has 2 saturated carbocycles. The summed E-state index contributed by atoms with van der Waals surface area (Å²) in [6.45, 7) is 4.11. The van der Waals surface area contributed by atoms with Crippen molar-refractivity contribution in [3.63, 3.8) is 0 Å². The highest BCUT2D eigenvalue weighted by molar-refractivity contribution is 6.40. The summed E-state index contributed by atoms with van der Waals surface area (Å²) in [6.07, 6.45) is 6.76. The van der Waals surface area contributed by atoms with Gasteiger partial charge in [0.15, 0.2) is 5.75 Å². The van der Waals surface area contributed by atoms with Crippen molar-refractivity contribution in [1.82, 2.24) is 0 Å². The number of fused-ring (bicyclic) bond motifs is 1. The molecule has 3 aliphatic carbocycles. The first-order valence-corrected chi connectivity index (χ1v) is 20.0. The Morgan fingerprint density at radius 2 is 1.21 bits per heavy atom. The molecule has 304 valence electrons. The van der Waals surface area contributed by atoms with Gasteiger partial charge in [0.05, 0.1) is 55.5 Å². The number of ketones is 1. The molecule has 0 aromatic heterocycles. The van der Waals surface area contributed by atoms with Crippen LogP contribution in [0.1, 0.15) is 82.3 Å². The first-order chi connectivity index (χ1) is 27.8. The molecule has 13 heteroatoms. The third kappa shape index (κ3) is 6.00. The van der Waals surface area contributed by atoms with Crippen LogP contribution < -0.4 is 35.7 Å². The van der Waals surface area contributed by atoms with Gasteiger partial charge in [-0.15, -0.1) is 0 Å². The molecular formula is C45H48N2O11. The summed E-state index contributed by atoms with van der Waals surface area (Å²) in [5.41, 5.74) is 1.25. The number of carboxylic acid groups (broad SMARTS) is 2. The molecule has 0 radical (unpaired) electrons. The van der Waals surface area contributed by atoms with Crippen LogP contribution >= 0.6 is 0 Å². The summed E-state index contributed by atoms with van der Waals surface area (Å²) in [5, 5.41) is 41.0. The van der Waals surface area contributed by atoms with Crippen LogP contribution in [0, 0.1) is 23.7 Å². The largest absolute Gasteiger partial charge is 0.507 e. The molecule has 5 aromatic carbocycles. The van der Waals surface area contributed by atoms with Crippen molar-refractivity contribution in [2.75, 3.05) is 45.1 Å². The fraction of sp³-hybridized carbons (Fsp3) is 0.444. The van der Waals surface area contributed by atoms with Crippen molar-refractivity contribution in [3.8, 4) is 23.0 Å². The number of benzene rings is 5. The third-order valence-electron chi connectivity index (χ3n) is 13.2. The Bertz CT molecular complexity index is 2670. The van der Waals surface area contributed by atoms with Crippen LogP contribution in [0.4, 0.5) is 11.4 Å². The summed E-state index contributed by atoms with van der Waals surface area (Å²) in [5.74, 6) is -2.97. The van der Waals surface area contributed by atoms with Crippen molar-refractivity contribution in [2.24, 2.45) is 23.7 Å². The van der Waals surface area contributed by atoms with Crippen LogP contribution in [-0.2, 0) is 14.4 Å². The van der Waals surface area contributed by atoms with Gasteiger partial charge in [-0.1, -0.05) is 11.6 Å². The van der Waals surface area contributed by atoms with Gasteiger partial charge >= 0.3 is 11.9 Å². The maximum Gasteiger partial charge on any atom is 0.306 e. The minimum Gasteiger partial charge on any atom is -0.507 e. The zero-order chi connectivity index (χ0) is 41.3. The fourth-order valence-electron chi connectivity index (χ4n) is 10.3. The SMILES string of the molecule is COc1c2c3c4c(c(NCC5CCC(C(=O)O)CC5)c(=O)c5c(O)cc(OC)c(c6c(OC)cc(NCC7CCC(C(=O)O)CC7)c(c1=O)c63)c54)C=C(C)C2C(C)=O. The molecule has 0 spiro atoms. The van der Waals surface area contributed by atoms with E-state index in [1.807, 2.05) is 6.08 Å². The van der Waals surface area contributed by atoms with Crippen LogP contribution in [0.2, 0.25) is 0 Å². The van der Waals surface area contributed by atoms with Crippen molar-refractivity contribution in [1.29, 1.82) is 0 Å². The van der Waals surface area contributed by atoms with Gasteiger partial charge in [-0.05, 0) is 82.4 Å². The molecule has 0 aliphatic heterocycles. The Hall–Kier alpha value is -5.85. The number of hydrogen-bond donors (Lipinski definition) is 5. The summed E-state index contributed by atoms with van der Waals surface area (Å²) in [4.78, 5) is 67.1. The number of Topliss-reactive ketones (excluding diaryl/α,β-unsaturated/α-hetero) is 1. The molecular weight excluding hydrogens is 744 g/mol. The second-order valence-electron chi connectivity index (χ2n) is 16.4. The molecule has 8 rings (SSSR count). The number of hydrogen-bond acceptors (Lipinski definition) is 11. The third-order valence-corrected chi connectivity index (χ3v) is 13.2. The van der Waals surface area contributed by atoms with Crippen LogP contribution in [0.3, 0.4) is 0 Å². The van der Waals surface area contributed by atoms with Crippen molar-refractivity contribution >= 4 is 78.3 Å². The minimum atomic E-state index is -0.931. The zero-order valence-corrected chi connectivity index (χ0v) is 33.3. The van der Waals surface area contributed by atoms with Crippen molar-refractivity contribution < 1.29 is 43.9 Å². The highest BCUT2D eigenvalue weighted by Gasteiger charge is 2.38. The Balaban J connectivity index is 1.46. The first kappa shape index (κ1) is 39.0. The van der Waals surface area contributed by atoms with E-state index in [1.54, 1.807) is 13.0 Å². The molecule has 3 aliphatic rings. The van der Waals surface area contributed by atoms with Gasteiger partial charge in [0.2, 0.25) is 10.9 Å². The molecule has 1 atom stereocenters. The number of aliphatic carboxylic acids is 2. The standard InChI is InChI=1S/C45H48N2O11/c1-19-14-25-31-36-33(41(50)40(25)47-18-22-8-12-24(13-9-22)45(54)55)27(49)16-29(57-4)35(36)34-28(56-3)15-26(46-17-21-6-10-23(11-7-21)44(52)53)32-38(34)37(31)39(30(19)20(2)48)43(58-5)42(32)51/h14-16,21-24,30,46-47,49H,6-13,17-18H2,1-5H3,(H,52,53)(H,54,55). The summed E-state index contributed by atoms with van der Waals surface area (Å²) in [7, 11) is 4.38. The Morgan fingerprint density at radius 3 is 1.72 bits per heavy atom. The molecule has 13 nitrogen and oxygen atoms in total. The van der Waals surface area contributed by atoms with Gasteiger partial charge in [-0.2, -0.15) is 0 Å². The Kier molecular flexibility index (Phi) is 9.97. The molecule has 0 amide bonds. The lowest BCUT2D eigenvalue weighted by Gasteiger charge is -2.28. The zero-order valence-electron chi connectivity index (χ0n) is 33.3. The number of allylic oxidation sites excluding steroid dienone is 1. The summed E-state index contributed by atoms with van der Waals surface area (Å²) < 4.78 is 18.0. The Labute approximate surface area is 333 Å². The van der Waals surface area contributed by atoms with Crippen molar-refractivity contribution in [2.45, 2.75) is 71.1 Å². The van der Waals surface area contributed by atoms with Gasteiger partial charge < -0.3 is 40.2 Å². The first-order valence-electron chi connectivity index (χ1n) is 20.0. The number of phenols is 1. The molecule has 5 aromatic rings. The number of carbonyl (C=O) groups is 3. The number of phenolic OH excluding ortho intramolecular Hbond substituents is 1. The van der Waals surface area contributed by atoms with E-state index in [-0.39, 0.29) is 51.9 Å². The summed E-state index contributed by atoms with van der Waals surface area (Å²) >= 11 is 0. The van der Waals surface area contributed by atoms with Crippen LogP contribution in [0.5, 0.6) is 23.0 Å². The number of ether oxygens (including phenoxy) is 3. The number of carboxylic acids is 2. The fourth-order valence-corrected chi connectivity index (χ4v) is 10.3. The maximum atomic E-state index is 15.0. The van der Waals surface area contributed by atoms with E-state index in [9.17, 15) is 34.5 Å². The molecule has 1 unspecified atom stereocenters. The molecule has 5 N–H and O–H groups in total. The molecule has 0 saturated heterocycles. The topological polar surface area (TPSA) is 198 Å². The number of aromatic hydroxyl groups is 1. The summed E-state index contributed by atoms with van der Waals surface area (Å²) in [6, 6.07) is 3.14. The van der Waals surface area contributed by atoms with E-state index in [0.717, 1.165) is 0 Å². The quantitative estimate of drug-likeness (QED) is 0.0623. The van der Waals surface area contributed by atoms with Crippen LogP contribution in [0.25, 0.3) is 49.2 Å². The van der Waals surface area contributed by atoms with Gasteiger partial charge in [0.25, 0.3) is 0 Å². The number of rotatable bonds is 12. The van der Waals surface area contributed by atoms with Crippen LogP contribution in [-0.4, -0.2) is 67.5 Å². The molecule has 0 heterocycles. The van der Waals surface area contributed by atoms with E-state index in [1.165, 1.54) is 34.3 Å². The number of anilines is 2. The van der Waals surface area contributed by atoms with E-state index in [0.29, 0.717) is 130 Å². The van der Waals surface area contributed by atoms with Gasteiger partial charge in [0.1, 0.15) is 23.0 Å². The Morgan fingerprint density at radius 1 is 0.672 bits per heavy atom. The monoisotopic (exact) mass is 792 g/mol. The lowest BCUT2D eigenvalue weighted by atomic mass is 9.80. The molecule has 58 heavy (non-hydrogen) atoms. The average molecular weight is 793 g/mol. The highest BCUT2D eigenvalue weighted by atomic mass is 16.5. The lowest BCUT2D eigenvalue weighted by molar-refractivity contribution is -0.144. The van der Waals surface area contributed by atoms with E-state index in [2.05, 4.69) is 10.6 Å². The number of carbonyl (C=O) groups excluding carboxylic acids is 1. The number of methoxy groups -OCH3 is 3. The molecule has 2 fully saturated rings. The maximum absolute atomic E-state index is 15.0.